The Morgan fingerprint density at radius 3 is 2.44 bits per heavy atom. The highest BCUT2D eigenvalue weighted by Gasteiger charge is 2.30. The molecule has 0 radical (unpaired) electrons. The van der Waals surface area contributed by atoms with Gasteiger partial charge in [0.2, 0.25) is 0 Å². The maximum absolute atomic E-state index is 12.9. The van der Waals surface area contributed by atoms with Crippen LogP contribution in [0, 0.1) is 0 Å². The Balaban J connectivity index is 1.60. The van der Waals surface area contributed by atoms with Gasteiger partial charge in [0.25, 0.3) is 0 Å². The number of H-pyrrole nitrogens is 1. The molecule has 9 heteroatoms. The van der Waals surface area contributed by atoms with E-state index in [1.165, 1.54) is 23.5 Å². The lowest BCUT2D eigenvalue weighted by molar-refractivity contribution is -0.138. The summed E-state index contributed by atoms with van der Waals surface area (Å²) in [6.45, 7) is 4.02. The zero-order valence-corrected chi connectivity index (χ0v) is 19.3. The van der Waals surface area contributed by atoms with E-state index in [1.54, 1.807) is 12.3 Å². The van der Waals surface area contributed by atoms with Crippen LogP contribution in [-0.2, 0) is 30.2 Å². The SMILES string of the molecule is CC(C)c1nc(-c2ccc(C(F)(F)F)cc2)sc1CCc1cc2c(CC(=O)O)c[nH]c2cc1O. The Morgan fingerprint density at radius 1 is 1.12 bits per heavy atom. The molecule has 4 rings (SSSR count). The first-order chi connectivity index (χ1) is 16.0. The molecular weight excluding hydrogens is 465 g/mol. The van der Waals surface area contributed by atoms with Gasteiger partial charge in [0.15, 0.2) is 0 Å². The summed E-state index contributed by atoms with van der Waals surface area (Å²) in [4.78, 5) is 19.8. The first kappa shape index (κ1) is 23.8. The van der Waals surface area contributed by atoms with E-state index < -0.39 is 17.7 Å². The smallest absolute Gasteiger partial charge is 0.416 e. The molecule has 4 aromatic rings. The van der Waals surface area contributed by atoms with Gasteiger partial charge in [-0.2, -0.15) is 13.2 Å². The van der Waals surface area contributed by atoms with Gasteiger partial charge < -0.3 is 15.2 Å². The number of alkyl halides is 3. The second kappa shape index (κ2) is 9.13. The monoisotopic (exact) mass is 488 g/mol. The van der Waals surface area contributed by atoms with Gasteiger partial charge in [-0.05, 0) is 48.1 Å². The van der Waals surface area contributed by atoms with Gasteiger partial charge in [0.1, 0.15) is 10.8 Å². The highest BCUT2D eigenvalue weighted by Crippen LogP contribution is 2.36. The minimum absolute atomic E-state index is 0.118. The van der Waals surface area contributed by atoms with Crippen molar-refractivity contribution in [1.29, 1.82) is 0 Å². The van der Waals surface area contributed by atoms with Crippen molar-refractivity contribution in [3.8, 4) is 16.3 Å². The molecule has 0 spiro atoms. The van der Waals surface area contributed by atoms with E-state index in [0.29, 0.717) is 40.1 Å². The molecule has 0 saturated carbocycles. The summed E-state index contributed by atoms with van der Waals surface area (Å²) >= 11 is 1.44. The van der Waals surface area contributed by atoms with E-state index >= 15 is 0 Å². The Morgan fingerprint density at radius 2 is 1.82 bits per heavy atom. The van der Waals surface area contributed by atoms with Crippen LogP contribution < -0.4 is 0 Å². The van der Waals surface area contributed by atoms with Crippen LogP contribution in [0.4, 0.5) is 13.2 Å². The molecule has 2 heterocycles. The third kappa shape index (κ3) is 4.94. The topological polar surface area (TPSA) is 86.2 Å². The van der Waals surface area contributed by atoms with Crippen LogP contribution in [0.15, 0.2) is 42.6 Å². The van der Waals surface area contributed by atoms with Gasteiger partial charge in [-0.15, -0.1) is 11.3 Å². The predicted molar refractivity (Wildman–Crippen MR) is 125 cm³/mol. The zero-order chi connectivity index (χ0) is 24.6. The van der Waals surface area contributed by atoms with Gasteiger partial charge >= 0.3 is 12.1 Å². The Kier molecular flexibility index (Phi) is 6.40. The van der Waals surface area contributed by atoms with E-state index in [-0.39, 0.29) is 18.1 Å². The van der Waals surface area contributed by atoms with Crippen LogP contribution in [0.3, 0.4) is 0 Å². The van der Waals surface area contributed by atoms with E-state index in [1.807, 2.05) is 19.9 Å². The fourth-order valence-corrected chi connectivity index (χ4v) is 5.16. The molecule has 0 unspecified atom stereocenters. The number of aliphatic carboxylic acids is 1. The Hall–Kier alpha value is -3.33. The largest absolute Gasteiger partial charge is 0.508 e. The molecule has 34 heavy (non-hydrogen) atoms. The quantitative estimate of drug-likeness (QED) is 0.275. The van der Waals surface area contributed by atoms with Crippen LogP contribution >= 0.6 is 11.3 Å². The first-order valence-electron chi connectivity index (χ1n) is 10.7. The van der Waals surface area contributed by atoms with Crippen molar-refractivity contribution in [2.45, 2.75) is 45.2 Å². The molecular formula is C25H23F3N2O3S. The second-order valence-electron chi connectivity index (χ2n) is 8.47. The number of phenols is 1. The van der Waals surface area contributed by atoms with Crippen LogP contribution in [0.1, 0.15) is 47.0 Å². The number of carboxylic acid groups (broad SMARTS) is 1. The molecule has 0 aliphatic rings. The number of phenolic OH excluding ortho intramolecular Hbond substituents is 1. The van der Waals surface area contributed by atoms with Gasteiger partial charge in [-0.25, -0.2) is 4.98 Å². The van der Waals surface area contributed by atoms with Gasteiger partial charge in [0.05, 0.1) is 17.7 Å². The van der Waals surface area contributed by atoms with Crippen LogP contribution in [-0.4, -0.2) is 26.2 Å². The summed E-state index contributed by atoms with van der Waals surface area (Å²) in [5.74, 6) is -0.690. The Bertz CT molecular complexity index is 1340. The van der Waals surface area contributed by atoms with E-state index in [0.717, 1.165) is 28.1 Å². The van der Waals surface area contributed by atoms with Crippen LogP contribution in [0.2, 0.25) is 0 Å². The maximum Gasteiger partial charge on any atom is 0.416 e. The number of aryl methyl sites for hydroxylation is 2. The fraction of sp³-hybridized carbons (Fsp3) is 0.280. The minimum Gasteiger partial charge on any atom is -0.508 e. The van der Waals surface area contributed by atoms with Crippen molar-refractivity contribution in [3.63, 3.8) is 0 Å². The number of nitrogens with one attached hydrogen (secondary N) is 1. The number of hydrogen-bond acceptors (Lipinski definition) is 4. The lowest BCUT2D eigenvalue weighted by atomic mass is 10.0. The third-order valence-electron chi connectivity index (χ3n) is 5.66. The number of fused-ring (bicyclic) bond motifs is 1. The average molecular weight is 489 g/mol. The molecule has 5 nitrogen and oxygen atoms in total. The highest BCUT2D eigenvalue weighted by molar-refractivity contribution is 7.15. The third-order valence-corrected chi connectivity index (χ3v) is 6.84. The van der Waals surface area contributed by atoms with E-state index in [2.05, 4.69) is 4.98 Å². The van der Waals surface area contributed by atoms with E-state index in [9.17, 15) is 23.1 Å². The van der Waals surface area contributed by atoms with Crippen molar-refractivity contribution in [3.05, 3.63) is 69.9 Å². The molecule has 0 fully saturated rings. The normalized spacial score (nSPS) is 12.1. The molecule has 0 aliphatic carbocycles. The lowest BCUT2D eigenvalue weighted by Gasteiger charge is -2.08. The second-order valence-corrected chi connectivity index (χ2v) is 9.55. The van der Waals surface area contributed by atoms with Crippen molar-refractivity contribution in [2.24, 2.45) is 0 Å². The number of nitrogens with zero attached hydrogens (tertiary/aromatic N) is 1. The summed E-state index contributed by atoms with van der Waals surface area (Å²) in [5.41, 5.74) is 2.82. The number of aromatic hydroxyl groups is 1. The summed E-state index contributed by atoms with van der Waals surface area (Å²) < 4.78 is 38.7. The molecule has 0 saturated heterocycles. The maximum atomic E-state index is 12.9. The van der Waals surface area contributed by atoms with Crippen molar-refractivity contribution in [1.82, 2.24) is 9.97 Å². The fourth-order valence-electron chi connectivity index (χ4n) is 3.94. The summed E-state index contributed by atoms with van der Waals surface area (Å²) in [7, 11) is 0. The number of benzene rings is 2. The van der Waals surface area contributed by atoms with Crippen molar-refractivity contribution in [2.75, 3.05) is 0 Å². The van der Waals surface area contributed by atoms with Crippen molar-refractivity contribution >= 4 is 28.2 Å². The number of halogens is 3. The first-order valence-corrected chi connectivity index (χ1v) is 11.6. The number of aromatic amines is 1. The molecule has 0 aliphatic heterocycles. The standard InChI is InChI=1S/C25H23F3N2O3S/c1-13(2)23-21(34-24(30-23)14-3-6-17(7-4-14)25(26,27)28)8-5-15-9-18-16(10-22(32)33)12-29-19(18)11-20(15)31/h3-4,6-7,9,11-13,29,31H,5,8,10H2,1-2H3,(H,32,33). The number of aromatic nitrogens is 2. The summed E-state index contributed by atoms with van der Waals surface area (Å²) in [5, 5.41) is 21.0. The summed E-state index contributed by atoms with van der Waals surface area (Å²) in [6, 6.07) is 8.40. The predicted octanol–water partition coefficient (Wildman–Crippen LogP) is 6.55. The molecule has 0 atom stereocenters. The Labute approximate surface area is 197 Å². The number of rotatable bonds is 7. The van der Waals surface area contributed by atoms with Crippen molar-refractivity contribution < 1.29 is 28.2 Å². The number of hydrogen-bond donors (Lipinski definition) is 3. The van der Waals surface area contributed by atoms with E-state index in [4.69, 9.17) is 10.1 Å². The highest BCUT2D eigenvalue weighted by atomic mass is 32.1. The zero-order valence-electron chi connectivity index (χ0n) is 18.5. The molecule has 3 N–H and O–H groups in total. The molecule has 178 valence electrons. The summed E-state index contributed by atoms with van der Waals surface area (Å²) in [6.07, 6.45) is -1.77. The van der Waals surface area contributed by atoms with Crippen LogP contribution in [0.25, 0.3) is 21.5 Å². The van der Waals surface area contributed by atoms with Gasteiger partial charge in [0, 0.05) is 33.6 Å². The van der Waals surface area contributed by atoms with Gasteiger partial charge in [-0.3, -0.25) is 4.79 Å². The molecule has 0 amide bonds. The molecule has 2 aromatic carbocycles. The number of carbonyl (C=O) groups is 1. The van der Waals surface area contributed by atoms with Gasteiger partial charge in [-0.1, -0.05) is 26.0 Å². The minimum atomic E-state index is -4.39. The lowest BCUT2D eigenvalue weighted by Crippen LogP contribution is -2.03. The number of thiazole rings is 1. The molecule has 0 bridgehead atoms. The average Bonchev–Trinajstić information content (AvgIpc) is 3.35. The molecule has 2 aromatic heterocycles. The number of carboxylic acids is 1. The van der Waals surface area contributed by atoms with Crippen LogP contribution in [0.5, 0.6) is 5.75 Å².